The Labute approximate surface area is 215 Å². The average Bonchev–Trinajstić information content (AvgIpc) is 3.31. The van der Waals surface area contributed by atoms with Gasteiger partial charge in [-0.25, -0.2) is 9.78 Å². The van der Waals surface area contributed by atoms with Crippen molar-refractivity contribution in [2.45, 2.75) is 63.7 Å². The van der Waals surface area contributed by atoms with Gasteiger partial charge in [-0.2, -0.15) is 12.6 Å². The Kier molecular flexibility index (Phi) is 13.3. The van der Waals surface area contributed by atoms with Gasteiger partial charge < -0.3 is 43.2 Å². The van der Waals surface area contributed by atoms with Crippen LogP contribution < -0.4 is 33.2 Å². The lowest BCUT2D eigenvalue weighted by atomic mass is 10.0. The normalized spacial score (nSPS) is 14.2. The standard InChI is InChI=1S/C21H37N9O5S/c1-11(2)6-16(20(34)35)30-18(32)14(4-3-5-26-21(23)24)28-19(33)15(7-12-8-25-10-27-12)29-17(31)13(22)9-36/h8,10-11,13-16,36H,3-7,9,22H2,1-2H3,(H,25,27)(H,28,33)(H,29,31)(H,30,32)(H,34,35)(H4,23,24,26). The van der Waals surface area contributed by atoms with Gasteiger partial charge in [-0.05, 0) is 25.2 Å². The lowest BCUT2D eigenvalue weighted by Crippen LogP contribution is -2.58. The summed E-state index contributed by atoms with van der Waals surface area (Å²) in [6, 6.07) is -4.29. The molecule has 3 amide bonds. The van der Waals surface area contributed by atoms with E-state index in [0.29, 0.717) is 12.1 Å². The fourth-order valence-electron chi connectivity index (χ4n) is 3.20. The molecule has 1 aromatic rings. The molecule has 0 aliphatic heterocycles. The van der Waals surface area contributed by atoms with Crippen LogP contribution in [0.5, 0.6) is 0 Å². The third-order valence-electron chi connectivity index (χ3n) is 5.05. The van der Waals surface area contributed by atoms with Crippen LogP contribution in [0, 0.1) is 5.92 Å². The van der Waals surface area contributed by atoms with Crippen molar-refractivity contribution in [2.24, 2.45) is 28.1 Å². The quantitative estimate of drug-likeness (QED) is 0.0491. The van der Waals surface area contributed by atoms with Crippen LogP contribution in [0.15, 0.2) is 17.5 Å². The highest BCUT2D eigenvalue weighted by Crippen LogP contribution is 2.08. The number of carbonyl (C=O) groups excluding carboxylic acids is 3. The van der Waals surface area contributed by atoms with Crippen molar-refractivity contribution in [2.75, 3.05) is 12.3 Å². The summed E-state index contributed by atoms with van der Waals surface area (Å²) >= 11 is 4.00. The average molecular weight is 528 g/mol. The number of hydrogen-bond acceptors (Lipinski definition) is 8. The number of aliphatic carboxylic acids is 1. The van der Waals surface area contributed by atoms with E-state index in [-0.39, 0.29) is 43.4 Å². The van der Waals surface area contributed by atoms with E-state index in [0.717, 1.165) is 0 Å². The zero-order valence-corrected chi connectivity index (χ0v) is 21.3. The Morgan fingerprint density at radius 2 is 1.69 bits per heavy atom. The molecule has 0 bridgehead atoms. The van der Waals surface area contributed by atoms with E-state index in [1.807, 2.05) is 13.8 Å². The molecule has 202 valence electrons. The van der Waals surface area contributed by atoms with Gasteiger partial charge in [0.1, 0.15) is 18.1 Å². The Bertz CT molecular complexity index is 890. The van der Waals surface area contributed by atoms with E-state index in [2.05, 4.69) is 43.5 Å². The molecule has 0 saturated heterocycles. The van der Waals surface area contributed by atoms with Gasteiger partial charge in [-0.1, -0.05) is 13.8 Å². The molecule has 0 aromatic carbocycles. The van der Waals surface area contributed by atoms with Gasteiger partial charge in [0.25, 0.3) is 0 Å². The number of hydrogen-bond donors (Lipinski definition) is 9. The number of nitrogens with zero attached hydrogens (tertiary/aromatic N) is 2. The molecule has 15 heteroatoms. The van der Waals surface area contributed by atoms with Gasteiger partial charge in [0, 0.05) is 30.6 Å². The van der Waals surface area contributed by atoms with Crippen molar-refractivity contribution < 1.29 is 24.3 Å². The number of nitrogens with two attached hydrogens (primary N) is 3. The van der Waals surface area contributed by atoms with E-state index >= 15 is 0 Å². The molecule has 1 heterocycles. The first-order valence-corrected chi connectivity index (χ1v) is 12.1. The summed E-state index contributed by atoms with van der Waals surface area (Å²) in [6.45, 7) is 3.85. The summed E-state index contributed by atoms with van der Waals surface area (Å²) in [4.78, 5) is 60.8. The van der Waals surface area contributed by atoms with Crippen LogP contribution in [-0.2, 0) is 25.6 Å². The van der Waals surface area contributed by atoms with Crippen LogP contribution >= 0.6 is 12.6 Å². The van der Waals surface area contributed by atoms with E-state index in [1.54, 1.807) is 0 Å². The van der Waals surface area contributed by atoms with Crippen LogP contribution in [0.3, 0.4) is 0 Å². The molecular weight excluding hydrogens is 490 g/mol. The molecule has 14 nitrogen and oxygen atoms in total. The molecule has 0 radical (unpaired) electrons. The lowest BCUT2D eigenvalue weighted by Gasteiger charge is -2.25. The molecule has 0 aliphatic rings. The summed E-state index contributed by atoms with van der Waals surface area (Å²) in [5, 5.41) is 17.2. The number of carboxylic acids is 1. The Balaban J connectivity index is 3.07. The van der Waals surface area contributed by atoms with E-state index in [9.17, 15) is 24.3 Å². The largest absolute Gasteiger partial charge is 0.480 e. The molecular formula is C21H37N9O5S. The maximum atomic E-state index is 13.2. The van der Waals surface area contributed by atoms with Crippen LogP contribution in [0.25, 0.3) is 0 Å². The molecule has 0 aliphatic carbocycles. The number of amides is 3. The summed E-state index contributed by atoms with van der Waals surface area (Å²) in [6.07, 6.45) is 3.60. The van der Waals surface area contributed by atoms with Crippen LogP contribution in [0.2, 0.25) is 0 Å². The predicted molar refractivity (Wildman–Crippen MR) is 137 cm³/mol. The van der Waals surface area contributed by atoms with E-state index in [4.69, 9.17) is 17.2 Å². The van der Waals surface area contributed by atoms with Gasteiger partial charge in [-0.3, -0.25) is 19.4 Å². The summed E-state index contributed by atoms with van der Waals surface area (Å²) in [5.41, 5.74) is 16.9. The number of carboxylic acid groups (broad SMARTS) is 1. The van der Waals surface area contributed by atoms with Gasteiger partial charge in [0.2, 0.25) is 17.7 Å². The first-order valence-electron chi connectivity index (χ1n) is 11.5. The minimum absolute atomic E-state index is 0.00588. The number of carbonyl (C=O) groups is 4. The third-order valence-corrected chi connectivity index (χ3v) is 5.44. The highest BCUT2D eigenvalue weighted by molar-refractivity contribution is 7.80. The third kappa shape index (κ3) is 11.4. The SMILES string of the molecule is CC(C)CC(NC(=O)C(CCCN=C(N)N)NC(=O)C(Cc1cnc[nH]1)NC(=O)C(N)CS)C(=O)O. The Hall–Kier alpha value is -3.33. The molecule has 0 spiro atoms. The number of guanidine groups is 1. The first kappa shape index (κ1) is 30.7. The Morgan fingerprint density at radius 1 is 1.08 bits per heavy atom. The van der Waals surface area contributed by atoms with Crippen molar-refractivity contribution in [1.82, 2.24) is 25.9 Å². The van der Waals surface area contributed by atoms with Gasteiger partial charge in [0.15, 0.2) is 5.96 Å². The zero-order valence-electron chi connectivity index (χ0n) is 20.4. The molecule has 0 fully saturated rings. The van der Waals surface area contributed by atoms with Crippen molar-refractivity contribution >= 4 is 42.3 Å². The maximum Gasteiger partial charge on any atom is 0.326 e. The van der Waals surface area contributed by atoms with Crippen molar-refractivity contribution in [3.05, 3.63) is 18.2 Å². The molecule has 1 rings (SSSR count). The number of imidazole rings is 1. The molecule has 4 atom stereocenters. The second-order valence-corrected chi connectivity index (χ2v) is 9.04. The molecule has 0 saturated carbocycles. The fraction of sp³-hybridized carbons (Fsp3) is 0.619. The van der Waals surface area contributed by atoms with Gasteiger partial charge in [-0.15, -0.1) is 0 Å². The minimum atomic E-state index is -1.19. The van der Waals surface area contributed by atoms with Crippen LogP contribution in [0.4, 0.5) is 0 Å². The number of thiol groups is 1. The van der Waals surface area contributed by atoms with Crippen molar-refractivity contribution in [3.63, 3.8) is 0 Å². The highest BCUT2D eigenvalue weighted by Gasteiger charge is 2.30. The predicted octanol–water partition coefficient (Wildman–Crippen LogP) is -2.15. The van der Waals surface area contributed by atoms with Crippen LogP contribution in [-0.4, -0.2) is 81.2 Å². The molecule has 36 heavy (non-hydrogen) atoms. The number of aromatic nitrogens is 2. The lowest BCUT2D eigenvalue weighted by molar-refractivity contribution is -0.142. The minimum Gasteiger partial charge on any atom is -0.480 e. The van der Waals surface area contributed by atoms with E-state index in [1.165, 1.54) is 12.5 Å². The fourth-order valence-corrected chi connectivity index (χ4v) is 3.36. The smallest absolute Gasteiger partial charge is 0.326 e. The summed E-state index contributed by atoms with van der Waals surface area (Å²) < 4.78 is 0. The number of nitrogens with one attached hydrogen (secondary N) is 4. The molecule has 11 N–H and O–H groups in total. The van der Waals surface area contributed by atoms with Crippen molar-refractivity contribution in [1.29, 1.82) is 0 Å². The number of aromatic amines is 1. The molecule has 1 aromatic heterocycles. The number of H-pyrrole nitrogens is 1. The Morgan fingerprint density at radius 3 is 2.22 bits per heavy atom. The number of rotatable bonds is 16. The van der Waals surface area contributed by atoms with Gasteiger partial charge in [0.05, 0.1) is 12.4 Å². The van der Waals surface area contributed by atoms with Gasteiger partial charge >= 0.3 is 5.97 Å². The highest BCUT2D eigenvalue weighted by atomic mass is 32.1. The number of aliphatic imine (C=N–C) groups is 1. The second kappa shape index (κ2) is 15.6. The zero-order chi connectivity index (χ0) is 27.3. The first-order chi connectivity index (χ1) is 16.9. The molecule has 4 unspecified atom stereocenters. The second-order valence-electron chi connectivity index (χ2n) is 8.67. The topological polar surface area (TPSA) is 244 Å². The summed E-state index contributed by atoms with van der Waals surface area (Å²) in [5.74, 6) is -3.18. The van der Waals surface area contributed by atoms with E-state index < -0.39 is 47.9 Å². The summed E-state index contributed by atoms with van der Waals surface area (Å²) in [7, 11) is 0. The maximum absolute atomic E-state index is 13.2. The monoisotopic (exact) mass is 527 g/mol. The van der Waals surface area contributed by atoms with Crippen molar-refractivity contribution in [3.8, 4) is 0 Å². The van der Waals surface area contributed by atoms with Crippen LogP contribution in [0.1, 0.15) is 38.8 Å².